The molecule has 1 heterocycles. The highest BCUT2D eigenvalue weighted by molar-refractivity contribution is 7.99. The lowest BCUT2D eigenvalue weighted by Gasteiger charge is -2.23. The molecule has 1 fully saturated rings. The van der Waals surface area contributed by atoms with Crippen LogP contribution in [0.15, 0.2) is 0 Å². The molecule has 1 amide bonds. The quantitative estimate of drug-likeness (QED) is 0.739. The van der Waals surface area contributed by atoms with E-state index in [-0.39, 0.29) is 17.9 Å². The molecule has 0 aromatic carbocycles. The molecule has 0 bridgehead atoms. The molecule has 4 heteroatoms. The van der Waals surface area contributed by atoms with E-state index in [9.17, 15) is 4.79 Å². The van der Waals surface area contributed by atoms with Gasteiger partial charge in [0, 0.05) is 12.3 Å². The molecule has 3 nitrogen and oxygen atoms in total. The normalized spacial score (nSPS) is 21.6. The Kier molecular flexibility index (Phi) is 4.06. The molecular formula is C9H18N2OS. The van der Waals surface area contributed by atoms with Crippen molar-refractivity contribution in [3.05, 3.63) is 0 Å². The fourth-order valence-corrected chi connectivity index (χ4v) is 2.25. The smallest absolute Gasteiger partial charge is 0.240 e. The summed E-state index contributed by atoms with van der Waals surface area (Å²) in [5.74, 6) is 2.29. The van der Waals surface area contributed by atoms with Crippen LogP contribution in [-0.2, 0) is 4.79 Å². The fraction of sp³-hybridized carbons (Fsp3) is 0.889. The average molecular weight is 202 g/mol. The molecule has 0 spiro atoms. The van der Waals surface area contributed by atoms with Crippen LogP contribution in [0.2, 0.25) is 0 Å². The summed E-state index contributed by atoms with van der Waals surface area (Å²) < 4.78 is 0. The van der Waals surface area contributed by atoms with Crippen LogP contribution in [0.3, 0.4) is 0 Å². The second-order valence-corrected chi connectivity index (χ2v) is 4.63. The van der Waals surface area contributed by atoms with E-state index in [4.69, 9.17) is 5.73 Å². The van der Waals surface area contributed by atoms with E-state index in [1.165, 1.54) is 0 Å². The summed E-state index contributed by atoms with van der Waals surface area (Å²) in [6.07, 6.45) is 0.966. The third-order valence-electron chi connectivity index (χ3n) is 2.61. The van der Waals surface area contributed by atoms with Crippen molar-refractivity contribution in [2.75, 3.05) is 18.2 Å². The van der Waals surface area contributed by atoms with Crippen LogP contribution >= 0.6 is 11.8 Å². The van der Waals surface area contributed by atoms with Crippen LogP contribution in [0.25, 0.3) is 0 Å². The third-order valence-corrected chi connectivity index (χ3v) is 3.57. The van der Waals surface area contributed by atoms with Gasteiger partial charge in [0.05, 0.1) is 11.9 Å². The van der Waals surface area contributed by atoms with Crippen LogP contribution in [0.1, 0.15) is 20.3 Å². The number of amides is 1. The van der Waals surface area contributed by atoms with Crippen molar-refractivity contribution in [3.8, 4) is 0 Å². The van der Waals surface area contributed by atoms with Gasteiger partial charge in [-0.1, -0.05) is 20.3 Å². The molecule has 1 aliphatic rings. The predicted octanol–water partition coefficient (Wildman–Crippen LogP) is 0.893. The molecule has 1 aliphatic heterocycles. The second-order valence-electron chi connectivity index (χ2n) is 3.55. The van der Waals surface area contributed by atoms with E-state index in [2.05, 4.69) is 6.92 Å². The molecule has 1 rings (SSSR count). The van der Waals surface area contributed by atoms with Crippen molar-refractivity contribution >= 4 is 17.7 Å². The Morgan fingerprint density at radius 2 is 2.38 bits per heavy atom. The molecule has 0 aromatic heterocycles. The molecular weight excluding hydrogens is 184 g/mol. The molecule has 2 N–H and O–H groups in total. The van der Waals surface area contributed by atoms with Crippen LogP contribution in [0.4, 0.5) is 0 Å². The maximum absolute atomic E-state index is 11.7. The summed E-state index contributed by atoms with van der Waals surface area (Å²) in [5.41, 5.74) is 5.85. The highest BCUT2D eigenvalue weighted by atomic mass is 32.2. The van der Waals surface area contributed by atoms with Crippen molar-refractivity contribution < 1.29 is 4.79 Å². The van der Waals surface area contributed by atoms with Gasteiger partial charge in [-0.3, -0.25) is 4.79 Å². The van der Waals surface area contributed by atoms with Crippen molar-refractivity contribution in [1.82, 2.24) is 4.90 Å². The summed E-state index contributed by atoms with van der Waals surface area (Å²) in [4.78, 5) is 13.6. The zero-order valence-corrected chi connectivity index (χ0v) is 9.14. The maximum Gasteiger partial charge on any atom is 0.240 e. The van der Waals surface area contributed by atoms with E-state index < -0.39 is 0 Å². The number of carbonyl (C=O) groups excluding carboxylic acids is 1. The molecule has 76 valence electrons. The zero-order chi connectivity index (χ0) is 9.84. The fourth-order valence-electron chi connectivity index (χ4n) is 1.30. The highest BCUT2D eigenvalue weighted by Crippen LogP contribution is 2.16. The van der Waals surface area contributed by atoms with Gasteiger partial charge in [0.1, 0.15) is 0 Å². The van der Waals surface area contributed by atoms with Gasteiger partial charge < -0.3 is 10.6 Å². The van der Waals surface area contributed by atoms with Gasteiger partial charge >= 0.3 is 0 Å². The lowest BCUT2D eigenvalue weighted by molar-refractivity contribution is -0.132. The standard InChI is InChI=1S/C9H18N2OS/c1-3-7(2)8(10)9(12)11-4-5-13-6-11/h7-8H,3-6,10H2,1-2H3/t7-,8+/m0/s1. The van der Waals surface area contributed by atoms with E-state index in [1.807, 2.05) is 11.8 Å². The Hall–Kier alpha value is -0.220. The summed E-state index contributed by atoms with van der Waals surface area (Å²) >= 11 is 1.80. The predicted molar refractivity (Wildman–Crippen MR) is 56.5 cm³/mol. The number of nitrogens with two attached hydrogens (primary N) is 1. The van der Waals surface area contributed by atoms with Crippen LogP contribution in [0, 0.1) is 5.92 Å². The number of carbonyl (C=O) groups is 1. The molecule has 0 aliphatic carbocycles. The van der Waals surface area contributed by atoms with Gasteiger partial charge in [0.15, 0.2) is 0 Å². The maximum atomic E-state index is 11.7. The lowest BCUT2D eigenvalue weighted by atomic mass is 9.99. The topological polar surface area (TPSA) is 46.3 Å². The van der Waals surface area contributed by atoms with Gasteiger partial charge in [-0.05, 0) is 5.92 Å². The van der Waals surface area contributed by atoms with Gasteiger partial charge in [-0.15, -0.1) is 11.8 Å². The van der Waals surface area contributed by atoms with Gasteiger partial charge in [0.25, 0.3) is 0 Å². The Labute approximate surface area is 84.0 Å². The van der Waals surface area contributed by atoms with Gasteiger partial charge in [0.2, 0.25) is 5.91 Å². The van der Waals surface area contributed by atoms with E-state index in [0.29, 0.717) is 0 Å². The molecule has 13 heavy (non-hydrogen) atoms. The van der Waals surface area contributed by atoms with Crippen molar-refractivity contribution in [2.24, 2.45) is 11.7 Å². The Morgan fingerprint density at radius 1 is 1.69 bits per heavy atom. The molecule has 0 unspecified atom stereocenters. The van der Waals surface area contributed by atoms with Gasteiger partial charge in [-0.25, -0.2) is 0 Å². The molecule has 1 saturated heterocycles. The number of hydrogen-bond donors (Lipinski definition) is 1. The molecule has 2 atom stereocenters. The van der Waals surface area contributed by atoms with Crippen LogP contribution in [-0.4, -0.2) is 35.0 Å². The third kappa shape index (κ3) is 2.61. The number of nitrogens with zero attached hydrogens (tertiary/aromatic N) is 1. The van der Waals surface area contributed by atoms with Crippen molar-refractivity contribution in [1.29, 1.82) is 0 Å². The SMILES string of the molecule is CC[C@H](C)[C@@H](N)C(=O)N1CCSC1. The van der Waals surface area contributed by atoms with E-state index in [1.54, 1.807) is 11.8 Å². The Morgan fingerprint density at radius 3 is 2.85 bits per heavy atom. The molecule has 0 aromatic rings. The Bertz CT molecular complexity index is 180. The number of thioether (sulfide) groups is 1. The number of rotatable bonds is 3. The first-order chi connectivity index (χ1) is 6.16. The highest BCUT2D eigenvalue weighted by Gasteiger charge is 2.26. The van der Waals surface area contributed by atoms with E-state index in [0.717, 1.165) is 24.6 Å². The first-order valence-corrected chi connectivity index (χ1v) is 5.94. The van der Waals surface area contributed by atoms with E-state index >= 15 is 0 Å². The summed E-state index contributed by atoms with van der Waals surface area (Å²) in [5, 5.41) is 0. The number of hydrogen-bond acceptors (Lipinski definition) is 3. The lowest BCUT2D eigenvalue weighted by Crippen LogP contribution is -2.45. The monoisotopic (exact) mass is 202 g/mol. The van der Waals surface area contributed by atoms with Gasteiger partial charge in [-0.2, -0.15) is 0 Å². The minimum atomic E-state index is -0.302. The first kappa shape index (κ1) is 10.9. The minimum absolute atomic E-state index is 0.124. The largest absolute Gasteiger partial charge is 0.331 e. The molecule has 0 radical (unpaired) electrons. The van der Waals surface area contributed by atoms with Crippen molar-refractivity contribution in [2.45, 2.75) is 26.3 Å². The van der Waals surface area contributed by atoms with Crippen LogP contribution < -0.4 is 5.73 Å². The molecule has 0 saturated carbocycles. The summed E-state index contributed by atoms with van der Waals surface area (Å²) in [6, 6.07) is -0.302. The van der Waals surface area contributed by atoms with Crippen molar-refractivity contribution in [3.63, 3.8) is 0 Å². The summed E-state index contributed by atoms with van der Waals surface area (Å²) in [6.45, 7) is 4.97. The second kappa shape index (κ2) is 4.86. The Balaban J connectivity index is 2.45. The average Bonchev–Trinajstić information content (AvgIpc) is 2.67. The zero-order valence-electron chi connectivity index (χ0n) is 8.32. The first-order valence-electron chi connectivity index (χ1n) is 4.79. The summed E-state index contributed by atoms with van der Waals surface area (Å²) in [7, 11) is 0. The van der Waals surface area contributed by atoms with Crippen LogP contribution in [0.5, 0.6) is 0 Å². The minimum Gasteiger partial charge on any atom is -0.331 e.